The van der Waals surface area contributed by atoms with Gasteiger partial charge in [-0.15, -0.1) is 0 Å². The molecule has 0 fully saturated rings. The molecule has 0 rings (SSSR count). The van der Waals surface area contributed by atoms with Crippen LogP contribution in [0.5, 0.6) is 0 Å². The Morgan fingerprint density at radius 2 is 1.37 bits per heavy atom. The fraction of sp³-hybridized carbons (Fsp3) is 0.875. The van der Waals surface area contributed by atoms with Gasteiger partial charge in [0.25, 0.3) is 0 Å². The van der Waals surface area contributed by atoms with Gasteiger partial charge in [0.2, 0.25) is 0 Å². The number of aliphatic hydroxyl groups excluding tert-OH is 3. The molecular weight excluding hydrogens is 240 g/mol. The van der Waals surface area contributed by atoms with Crippen molar-refractivity contribution in [3.63, 3.8) is 0 Å². The number of hydrogen-bond donors (Lipinski definition) is 3. The Bertz CT molecular complexity index is 204. The summed E-state index contributed by atoms with van der Waals surface area (Å²) in [5, 5.41) is 28.0. The van der Waals surface area contributed by atoms with E-state index in [1.165, 1.54) is 19.3 Å². The molecule has 0 aliphatic heterocycles. The molecule has 0 aliphatic rings. The maximum absolute atomic E-state index is 9.79. The maximum Gasteiger partial charge on any atom is 0.0751 e. The van der Waals surface area contributed by atoms with Crippen LogP contribution >= 0.6 is 0 Å². The molecule has 0 aromatic rings. The molecular formula is C16H32O3. The van der Waals surface area contributed by atoms with Crippen LogP contribution in [0, 0.1) is 0 Å². The third-order valence-corrected chi connectivity index (χ3v) is 3.49. The first-order valence-electron chi connectivity index (χ1n) is 7.86. The molecule has 0 spiro atoms. The van der Waals surface area contributed by atoms with E-state index in [1.54, 1.807) is 6.08 Å². The monoisotopic (exact) mass is 272 g/mol. The Morgan fingerprint density at radius 3 is 1.89 bits per heavy atom. The third-order valence-electron chi connectivity index (χ3n) is 3.49. The highest BCUT2D eigenvalue weighted by molar-refractivity contribution is 4.71. The topological polar surface area (TPSA) is 60.7 Å². The van der Waals surface area contributed by atoms with Crippen LogP contribution in [0.3, 0.4) is 0 Å². The van der Waals surface area contributed by atoms with E-state index >= 15 is 0 Å². The van der Waals surface area contributed by atoms with E-state index in [0.29, 0.717) is 12.8 Å². The predicted octanol–water partition coefficient (Wildman–Crippen LogP) is 4.09. The van der Waals surface area contributed by atoms with Crippen molar-refractivity contribution < 1.29 is 15.3 Å². The summed E-state index contributed by atoms with van der Waals surface area (Å²) in [4.78, 5) is 0. The van der Waals surface area contributed by atoms with Crippen LogP contribution in [0.1, 0.15) is 77.6 Å². The SMILES string of the molecule is CCCCCCC(O)CCC(O)CCCCC=CO. The molecule has 3 heteroatoms. The van der Waals surface area contributed by atoms with Gasteiger partial charge in [0.1, 0.15) is 0 Å². The highest BCUT2D eigenvalue weighted by atomic mass is 16.3. The molecule has 2 atom stereocenters. The molecule has 19 heavy (non-hydrogen) atoms. The Morgan fingerprint density at radius 1 is 0.789 bits per heavy atom. The molecule has 0 heterocycles. The summed E-state index contributed by atoms with van der Waals surface area (Å²) >= 11 is 0. The molecule has 114 valence electrons. The maximum atomic E-state index is 9.79. The lowest BCUT2D eigenvalue weighted by atomic mass is 10.0. The van der Waals surface area contributed by atoms with E-state index < -0.39 is 0 Å². The average molecular weight is 272 g/mol. The smallest absolute Gasteiger partial charge is 0.0751 e. The lowest BCUT2D eigenvalue weighted by Gasteiger charge is -2.14. The molecule has 0 saturated heterocycles. The second-order valence-electron chi connectivity index (χ2n) is 5.40. The van der Waals surface area contributed by atoms with E-state index in [4.69, 9.17) is 5.11 Å². The number of rotatable bonds is 13. The molecule has 0 aromatic carbocycles. The van der Waals surface area contributed by atoms with Crippen molar-refractivity contribution in [2.45, 2.75) is 89.8 Å². The van der Waals surface area contributed by atoms with Crippen molar-refractivity contribution in [1.29, 1.82) is 0 Å². The molecule has 2 unspecified atom stereocenters. The van der Waals surface area contributed by atoms with E-state index in [1.807, 2.05) is 0 Å². The van der Waals surface area contributed by atoms with Crippen LogP contribution in [-0.4, -0.2) is 27.5 Å². The van der Waals surface area contributed by atoms with Crippen molar-refractivity contribution in [3.05, 3.63) is 12.3 Å². The predicted molar refractivity (Wildman–Crippen MR) is 80.2 cm³/mol. The number of allylic oxidation sites excluding steroid dienone is 1. The molecule has 0 radical (unpaired) electrons. The summed E-state index contributed by atoms with van der Waals surface area (Å²) in [7, 11) is 0. The fourth-order valence-electron chi connectivity index (χ4n) is 2.20. The second-order valence-corrected chi connectivity index (χ2v) is 5.40. The summed E-state index contributed by atoms with van der Waals surface area (Å²) in [6.07, 6.45) is 12.9. The summed E-state index contributed by atoms with van der Waals surface area (Å²) in [5.41, 5.74) is 0. The average Bonchev–Trinajstić information content (AvgIpc) is 2.41. The summed E-state index contributed by atoms with van der Waals surface area (Å²) in [6.45, 7) is 2.18. The lowest BCUT2D eigenvalue weighted by Crippen LogP contribution is -2.13. The normalized spacial score (nSPS) is 14.9. The van der Waals surface area contributed by atoms with E-state index in [2.05, 4.69) is 6.92 Å². The molecule has 3 nitrogen and oxygen atoms in total. The molecule has 0 aromatic heterocycles. The zero-order valence-electron chi connectivity index (χ0n) is 12.4. The highest BCUT2D eigenvalue weighted by Crippen LogP contribution is 2.13. The summed E-state index contributed by atoms with van der Waals surface area (Å²) < 4.78 is 0. The zero-order valence-corrected chi connectivity index (χ0v) is 12.4. The van der Waals surface area contributed by atoms with Gasteiger partial charge >= 0.3 is 0 Å². The molecule has 0 amide bonds. The molecule has 0 saturated carbocycles. The zero-order chi connectivity index (χ0) is 14.3. The van der Waals surface area contributed by atoms with Crippen LogP contribution in [0.25, 0.3) is 0 Å². The number of aliphatic hydroxyl groups is 3. The van der Waals surface area contributed by atoms with Crippen molar-refractivity contribution in [1.82, 2.24) is 0 Å². The van der Waals surface area contributed by atoms with Gasteiger partial charge in [0.15, 0.2) is 0 Å². The molecule has 0 bridgehead atoms. The Kier molecular flexibility index (Phi) is 13.5. The number of unbranched alkanes of at least 4 members (excludes halogenated alkanes) is 5. The standard InChI is InChI=1S/C16H32O3/c1-2-3-4-7-10-15(18)12-13-16(19)11-8-5-6-9-14-17/h9,14-19H,2-8,10-13H2,1H3. The van der Waals surface area contributed by atoms with Crippen molar-refractivity contribution in [3.8, 4) is 0 Å². The van der Waals surface area contributed by atoms with Crippen molar-refractivity contribution in [2.24, 2.45) is 0 Å². The Balaban J connectivity index is 3.37. The Labute approximate surface area is 118 Å². The van der Waals surface area contributed by atoms with Crippen LogP contribution in [0.15, 0.2) is 12.3 Å². The first-order valence-corrected chi connectivity index (χ1v) is 7.86. The molecule has 0 aliphatic carbocycles. The minimum atomic E-state index is -0.289. The van der Waals surface area contributed by atoms with E-state index in [-0.39, 0.29) is 12.2 Å². The van der Waals surface area contributed by atoms with Gasteiger partial charge in [0.05, 0.1) is 18.5 Å². The third kappa shape index (κ3) is 13.7. The highest BCUT2D eigenvalue weighted by Gasteiger charge is 2.09. The van der Waals surface area contributed by atoms with Gasteiger partial charge in [-0.3, -0.25) is 0 Å². The van der Waals surface area contributed by atoms with E-state index in [0.717, 1.165) is 44.8 Å². The van der Waals surface area contributed by atoms with Crippen LogP contribution in [-0.2, 0) is 0 Å². The van der Waals surface area contributed by atoms with Gasteiger partial charge in [0, 0.05) is 0 Å². The minimum absolute atomic E-state index is 0.246. The largest absolute Gasteiger partial charge is 0.516 e. The first-order chi connectivity index (χ1) is 9.20. The van der Waals surface area contributed by atoms with Gasteiger partial charge < -0.3 is 15.3 Å². The summed E-state index contributed by atoms with van der Waals surface area (Å²) in [6, 6.07) is 0. The quantitative estimate of drug-likeness (QED) is 0.349. The van der Waals surface area contributed by atoms with Crippen LogP contribution in [0.2, 0.25) is 0 Å². The van der Waals surface area contributed by atoms with Crippen LogP contribution in [0.4, 0.5) is 0 Å². The van der Waals surface area contributed by atoms with Crippen molar-refractivity contribution >= 4 is 0 Å². The lowest BCUT2D eigenvalue weighted by molar-refractivity contribution is 0.101. The van der Waals surface area contributed by atoms with Gasteiger partial charge in [-0.2, -0.15) is 0 Å². The van der Waals surface area contributed by atoms with Crippen molar-refractivity contribution in [2.75, 3.05) is 0 Å². The van der Waals surface area contributed by atoms with Gasteiger partial charge in [-0.25, -0.2) is 0 Å². The van der Waals surface area contributed by atoms with Crippen LogP contribution < -0.4 is 0 Å². The minimum Gasteiger partial charge on any atom is -0.516 e. The molecule has 3 N–H and O–H groups in total. The fourth-order valence-corrected chi connectivity index (χ4v) is 2.20. The number of hydrogen-bond acceptors (Lipinski definition) is 3. The van der Waals surface area contributed by atoms with Gasteiger partial charge in [-0.1, -0.05) is 45.1 Å². The first kappa shape index (κ1) is 18.5. The van der Waals surface area contributed by atoms with Gasteiger partial charge in [-0.05, 0) is 38.5 Å². The summed E-state index contributed by atoms with van der Waals surface area (Å²) in [5.74, 6) is 0. The Hall–Kier alpha value is -0.540. The second kappa shape index (κ2) is 13.9. The van der Waals surface area contributed by atoms with E-state index in [9.17, 15) is 10.2 Å².